The second kappa shape index (κ2) is 9.64. The Morgan fingerprint density at radius 3 is 2.52 bits per heavy atom. The number of carbonyl (C=O) groups excluding carboxylic acids is 1. The molecule has 1 aliphatic heterocycles. The van der Waals surface area contributed by atoms with E-state index in [2.05, 4.69) is 22.5 Å². The van der Waals surface area contributed by atoms with Gasteiger partial charge in [-0.3, -0.25) is 9.58 Å². The lowest BCUT2D eigenvalue weighted by Crippen LogP contribution is -2.37. The average Bonchev–Trinajstić information content (AvgIpc) is 3.31. The Labute approximate surface area is 247 Å². The molecule has 42 heavy (non-hydrogen) atoms. The summed E-state index contributed by atoms with van der Waals surface area (Å²) in [5.41, 5.74) is 4.83. The molecule has 214 valence electrons. The molecule has 2 aromatic carbocycles. The molecule has 3 aromatic heterocycles. The molecule has 9 nitrogen and oxygen atoms in total. The lowest BCUT2D eigenvalue weighted by molar-refractivity contribution is 0.0580. The van der Waals surface area contributed by atoms with Crippen LogP contribution in [0.3, 0.4) is 0 Å². The highest BCUT2D eigenvalue weighted by atomic mass is 32.2. The second-order valence-corrected chi connectivity index (χ2v) is 13.5. The number of ether oxygens (including phenoxy) is 1. The van der Waals surface area contributed by atoms with E-state index in [1.54, 1.807) is 15.8 Å². The van der Waals surface area contributed by atoms with Crippen LogP contribution in [0.25, 0.3) is 22.0 Å². The van der Waals surface area contributed by atoms with Crippen LogP contribution in [0.1, 0.15) is 39.2 Å². The Bertz CT molecular complexity index is 1820. The van der Waals surface area contributed by atoms with Gasteiger partial charge in [0.15, 0.2) is 4.90 Å². The number of anilines is 3. The number of hydrogen-bond acceptors (Lipinski definition) is 6. The zero-order valence-electron chi connectivity index (χ0n) is 24.0. The quantitative estimate of drug-likeness (QED) is 0.237. The summed E-state index contributed by atoms with van der Waals surface area (Å²) in [5, 5.41) is 8.61. The normalized spacial score (nSPS) is 16.1. The molecule has 0 saturated heterocycles. The van der Waals surface area contributed by atoms with Crippen molar-refractivity contribution in [1.82, 2.24) is 18.7 Å². The second-order valence-electron chi connectivity index (χ2n) is 12.1. The number of hydrogen-bond donors (Lipinski definition) is 1. The minimum absolute atomic E-state index is 0.0821. The van der Waals surface area contributed by atoms with E-state index in [9.17, 15) is 9.35 Å². The first kappa shape index (κ1) is 26.6. The van der Waals surface area contributed by atoms with E-state index in [1.165, 1.54) is 0 Å². The fourth-order valence-electron chi connectivity index (χ4n) is 5.67. The fourth-order valence-corrected chi connectivity index (χ4v) is 6.81. The van der Waals surface area contributed by atoms with Crippen molar-refractivity contribution >= 4 is 45.6 Å². The molecule has 1 aliphatic carbocycles. The third-order valence-electron chi connectivity index (χ3n) is 7.82. The number of amides is 1. The van der Waals surface area contributed by atoms with Gasteiger partial charge >= 0.3 is 6.09 Å². The van der Waals surface area contributed by atoms with Gasteiger partial charge in [0.05, 0.1) is 18.1 Å². The summed E-state index contributed by atoms with van der Waals surface area (Å²) in [7, 11) is 1.87. The first-order valence-electron chi connectivity index (χ1n) is 14.0. The fraction of sp³-hybridized carbons (Fsp3) is 0.281. The summed E-state index contributed by atoms with van der Waals surface area (Å²) in [5.74, 6) is 0.671. The van der Waals surface area contributed by atoms with Gasteiger partial charge in [0.2, 0.25) is 0 Å². The van der Waals surface area contributed by atoms with Crippen molar-refractivity contribution < 1.29 is 14.1 Å². The van der Waals surface area contributed by atoms with Crippen LogP contribution in [0.15, 0.2) is 84.3 Å². The van der Waals surface area contributed by atoms with Crippen LogP contribution < -0.4 is 10.2 Å². The molecule has 1 unspecified atom stereocenters. The maximum Gasteiger partial charge on any atom is 0.416 e. The van der Waals surface area contributed by atoms with E-state index >= 15 is 0 Å². The molecule has 1 amide bonds. The van der Waals surface area contributed by atoms with Gasteiger partial charge in [-0.15, -0.1) is 0 Å². The summed E-state index contributed by atoms with van der Waals surface area (Å²) in [6.45, 7) is 6.20. The van der Waals surface area contributed by atoms with Gasteiger partial charge in [-0.05, 0) is 70.0 Å². The van der Waals surface area contributed by atoms with Crippen LogP contribution in [0.2, 0.25) is 0 Å². The summed E-state index contributed by atoms with van der Waals surface area (Å²) in [6.07, 6.45) is 9.08. The maximum absolute atomic E-state index is 13.9. The predicted molar refractivity (Wildman–Crippen MR) is 164 cm³/mol. The van der Waals surface area contributed by atoms with Crippen molar-refractivity contribution in [2.24, 2.45) is 7.05 Å². The molecule has 1 N–H and O–H groups in total. The SMILES string of the molecule is Cn1cc(Nc2ccc3c(-c4cnc5c(c4)C4(CC4)CN5C(=O)OC(C)(C)C)cn([S+]([O-])c4ccccc4)c3c2)cn1. The Hall–Kier alpha value is -4.28. The number of benzene rings is 2. The zero-order valence-corrected chi connectivity index (χ0v) is 24.8. The Morgan fingerprint density at radius 1 is 1.05 bits per heavy atom. The van der Waals surface area contributed by atoms with Crippen LogP contribution in [0.4, 0.5) is 22.0 Å². The molecule has 7 rings (SSSR count). The van der Waals surface area contributed by atoms with Crippen molar-refractivity contribution in [2.75, 3.05) is 16.8 Å². The number of pyridine rings is 1. The highest BCUT2D eigenvalue weighted by Crippen LogP contribution is 2.56. The van der Waals surface area contributed by atoms with Crippen LogP contribution in [-0.2, 0) is 28.6 Å². The molecule has 4 heterocycles. The summed E-state index contributed by atoms with van der Waals surface area (Å²) in [4.78, 5) is 20.3. The van der Waals surface area contributed by atoms with Crippen molar-refractivity contribution in [3.63, 3.8) is 0 Å². The highest BCUT2D eigenvalue weighted by molar-refractivity contribution is 7.90. The summed E-state index contributed by atoms with van der Waals surface area (Å²) >= 11 is -1.47. The van der Waals surface area contributed by atoms with Crippen LogP contribution in [0.5, 0.6) is 0 Å². The third kappa shape index (κ3) is 4.70. The maximum atomic E-state index is 13.9. The summed E-state index contributed by atoms with van der Waals surface area (Å²) < 4.78 is 23.1. The van der Waals surface area contributed by atoms with E-state index in [0.29, 0.717) is 17.3 Å². The number of aromatic nitrogens is 4. The third-order valence-corrected chi connectivity index (χ3v) is 9.16. The standard InChI is InChI=1S/C32H32N6O3S/c1-31(2,3)41-30(39)37-20-32(12-13-32)27-14-21(16-33-29(27)37)26-19-38(42(40)24-8-6-5-7-9-24)28-15-22(10-11-25(26)28)35-23-17-34-36(4)18-23/h5-11,14-19,35H,12-13,20H2,1-4H3. The monoisotopic (exact) mass is 580 g/mol. The molecule has 1 saturated carbocycles. The molecular formula is C32H32N6O3S. The Morgan fingerprint density at radius 2 is 1.83 bits per heavy atom. The van der Waals surface area contributed by atoms with E-state index < -0.39 is 17.0 Å². The molecule has 10 heteroatoms. The molecule has 0 bridgehead atoms. The van der Waals surface area contributed by atoms with Gasteiger partial charge in [0.1, 0.15) is 28.3 Å². The van der Waals surface area contributed by atoms with Gasteiger partial charge < -0.3 is 14.6 Å². The van der Waals surface area contributed by atoms with Crippen molar-refractivity contribution in [2.45, 2.75) is 49.5 Å². The minimum Gasteiger partial charge on any atom is -0.587 e. The molecule has 1 spiro atoms. The van der Waals surface area contributed by atoms with Gasteiger partial charge in [-0.25, -0.2) is 9.78 Å². The minimum atomic E-state index is -1.47. The molecular weight excluding hydrogens is 548 g/mol. The molecule has 1 atom stereocenters. The first-order valence-corrected chi connectivity index (χ1v) is 15.1. The van der Waals surface area contributed by atoms with E-state index in [4.69, 9.17) is 9.72 Å². The van der Waals surface area contributed by atoms with Crippen molar-refractivity contribution in [1.29, 1.82) is 0 Å². The highest BCUT2D eigenvalue weighted by Gasteiger charge is 2.54. The van der Waals surface area contributed by atoms with E-state index in [-0.39, 0.29) is 11.5 Å². The smallest absolute Gasteiger partial charge is 0.416 e. The van der Waals surface area contributed by atoms with Crippen LogP contribution in [-0.4, -0.2) is 41.5 Å². The Balaban J connectivity index is 1.32. The summed E-state index contributed by atoms with van der Waals surface area (Å²) in [6, 6.07) is 17.7. The number of nitrogens with one attached hydrogen (secondary N) is 1. The Kier molecular flexibility index (Phi) is 6.11. The van der Waals surface area contributed by atoms with Gasteiger partial charge in [-0.1, -0.05) is 18.2 Å². The number of nitrogens with zero attached hydrogens (tertiary/aromatic N) is 5. The number of fused-ring (bicyclic) bond motifs is 3. The first-order chi connectivity index (χ1) is 20.1. The van der Waals surface area contributed by atoms with Gasteiger partial charge in [0, 0.05) is 59.2 Å². The largest absolute Gasteiger partial charge is 0.587 e. The predicted octanol–water partition coefficient (Wildman–Crippen LogP) is 6.54. The van der Waals surface area contributed by atoms with E-state index in [1.807, 2.05) is 92.8 Å². The van der Waals surface area contributed by atoms with Crippen molar-refractivity contribution in [3.05, 3.63) is 84.9 Å². The topological polar surface area (TPSA) is 100 Å². The number of rotatable bonds is 5. The van der Waals surface area contributed by atoms with Crippen LogP contribution in [0, 0.1) is 0 Å². The van der Waals surface area contributed by atoms with Crippen molar-refractivity contribution in [3.8, 4) is 11.1 Å². The average molecular weight is 581 g/mol. The van der Waals surface area contributed by atoms with Gasteiger partial charge in [0.25, 0.3) is 0 Å². The lowest BCUT2D eigenvalue weighted by Gasteiger charge is -2.24. The number of carbonyl (C=O) groups is 1. The zero-order chi connectivity index (χ0) is 29.2. The molecule has 2 aliphatic rings. The van der Waals surface area contributed by atoms with E-state index in [0.717, 1.165) is 51.8 Å². The van der Waals surface area contributed by atoms with Gasteiger partial charge in [-0.2, -0.15) is 9.07 Å². The molecule has 5 aromatic rings. The lowest BCUT2D eigenvalue weighted by atomic mass is 9.96. The number of aryl methyl sites for hydroxylation is 1. The molecule has 1 fully saturated rings. The molecule has 0 radical (unpaired) electrons. The van der Waals surface area contributed by atoms with Crippen LogP contribution >= 0.6 is 0 Å².